The summed E-state index contributed by atoms with van der Waals surface area (Å²) >= 11 is 1.56. The smallest absolute Gasteiger partial charge is 0.408 e. The Hall–Kier alpha value is -4.44. The number of nitrogens with one attached hydrogen (secondary N) is 1. The minimum absolute atomic E-state index is 0.0423. The number of nitrogens with zero attached hydrogens (tertiary/aromatic N) is 3. The molecular weight excluding hydrogens is 625 g/mol. The van der Waals surface area contributed by atoms with E-state index in [4.69, 9.17) is 4.74 Å². The number of thiophene rings is 1. The second-order valence-electron chi connectivity index (χ2n) is 13.8. The van der Waals surface area contributed by atoms with E-state index in [9.17, 15) is 19.2 Å². The molecule has 1 unspecified atom stereocenters. The number of anilines is 2. The van der Waals surface area contributed by atoms with Crippen molar-refractivity contribution in [3.8, 4) is 0 Å². The maximum Gasteiger partial charge on any atom is 0.408 e. The fourth-order valence-electron chi connectivity index (χ4n) is 6.95. The number of ketones is 1. The van der Waals surface area contributed by atoms with Crippen molar-refractivity contribution in [2.75, 3.05) is 16.3 Å². The number of alkyl carbamates (subject to hydrolysis) is 1. The normalized spacial score (nSPS) is 17.1. The Labute approximate surface area is 285 Å². The van der Waals surface area contributed by atoms with E-state index in [1.807, 2.05) is 53.2 Å². The molecule has 2 aliphatic heterocycles. The molecule has 0 spiro atoms. The number of aryl methyl sites for hydroxylation is 1. The Morgan fingerprint density at radius 3 is 2.60 bits per heavy atom. The van der Waals surface area contributed by atoms with Gasteiger partial charge >= 0.3 is 6.09 Å². The molecule has 252 valence electrons. The van der Waals surface area contributed by atoms with E-state index in [1.54, 1.807) is 41.9 Å². The molecular formula is C38H44N4O5S. The van der Waals surface area contributed by atoms with Gasteiger partial charge in [0.15, 0.2) is 5.78 Å². The van der Waals surface area contributed by atoms with Crippen molar-refractivity contribution in [1.82, 2.24) is 9.88 Å². The zero-order chi connectivity index (χ0) is 34.0. The number of amides is 3. The van der Waals surface area contributed by atoms with Gasteiger partial charge in [0.05, 0.1) is 24.0 Å². The minimum atomic E-state index is -0.895. The second kappa shape index (κ2) is 14.0. The summed E-state index contributed by atoms with van der Waals surface area (Å²) in [6.45, 7) is 9.27. The highest BCUT2D eigenvalue weighted by atomic mass is 32.1. The van der Waals surface area contributed by atoms with Crippen LogP contribution in [0.5, 0.6) is 0 Å². The van der Waals surface area contributed by atoms with Crippen LogP contribution in [0.4, 0.5) is 16.2 Å². The third-order valence-corrected chi connectivity index (χ3v) is 9.75. The Balaban J connectivity index is 1.32. The number of carbonyl (C=O) groups is 4. The lowest BCUT2D eigenvalue weighted by Gasteiger charge is -2.37. The van der Waals surface area contributed by atoms with Gasteiger partial charge in [-0.15, -0.1) is 0 Å². The highest BCUT2D eigenvalue weighted by Gasteiger charge is 2.39. The van der Waals surface area contributed by atoms with Crippen molar-refractivity contribution < 1.29 is 23.9 Å². The SMILES string of the molecule is CCCn1cc(C[C@@H](NC(=O)OC(C)(C)C)C(=O)CC2Cc3cccc(N4CCCC4=O)c3N(Cc3ccsc3)C2=O)c2ccccc21. The van der Waals surface area contributed by atoms with Crippen molar-refractivity contribution >= 4 is 57.3 Å². The molecule has 0 aliphatic carbocycles. The van der Waals surface area contributed by atoms with Crippen LogP contribution < -0.4 is 15.1 Å². The minimum Gasteiger partial charge on any atom is -0.444 e. The number of ether oxygens (including phenoxy) is 1. The van der Waals surface area contributed by atoms with E-state index >= 15 is 0 Å². The average Bonchev–Trinajstić information content (AvgIpc) is 3.79. The van der Waals surface area contributed by atoms with Crippen LogP contribution in [0.25, 0.3) is 10.9 Å². The fraction of sp³-hybridized carbons (Fsp3) is 0.421. The molecule has 1 N–H and O–H groups in total. The van der Waals surface area contributed by atoms with Crippen molar-refractivity contribution in [3.05, 3.63) is 82.2 Å². The fourth-order valence-corrected chi connectivity index (χ4v) is 7.61. The van der Waals surface area contributed by atoms with Crippen molar-refractivity contribution in [2.45, 2.75) is 91.0 Å². The van der Waals surface area contributed by atoms with Gasteiger partial charge in [0.1, 0.15) is 5.60 Å². The van der Waals surface area contributed by atoms with Gasteiger partial charge in [0.2, 0.25) is 11.8 Å². The molecule has 1 saturated heterocycles. The van der Waals surface area contributed by atoms with Crippen LogP contribution in [-0.2, 0) is 45.1 Å². The second-order valence-corrected chi connectivity index (χ2v) is 14.6. The summed E-state index contributed by atoms with van der Waals surface area (Å²) in [6.07, 6.45) is 4.21. The number of hydrogen-bond donors (Lipinski definition) is 1. The zero-order valence-electron chi connectivity index (χ0n) is 28.2. The molecule has 6 rings (SSSR count). The molecule has 1 fully saturated rings. The monoisotopic (exact) mass is 668 g/mol. The van der Waals surface area contributed by atoms with Crippen molar-refractivity contribution in [1.29, 1.82) is 0 Å². The number of Topliss-reactive ketones (excluding diaryl/α,β-unsaturated/α-hetero) is 1. The molecule has 2 aromatic carbocycles. The Morgan fingerprint density at radius 2 is 1.90 bits per heavy atom. The third-order valence-electron chi connectivity index (χ3n) is 9.02. The van der Waals surface area contributed by atoms with Crippen LogP contribution in [0, 0.1) is 5.92 Å². The molecule has 2 aliphatic rings. The number of para-hydroxylation sites is 2. The molecule has 0 saturated carbocycles. The Morgan fingerprint density at radius 1 is 1.08 bits per heavy atom. The van der Waals surface area contributed by atoms with Gasteiger partial charge in [0.25, 0.3) is 0 Å². The summed E-state index contributed by atoms with van der Waals surface area (Å²) in [5.41, 5.74) is 4.70. The van der Waals surface area contributed by atoms with Crippen LogP contribution in [0.15, 0.2) is 65.5 Å². The molecule has 0 bridgehead atoms. The topological polar surface area (TPSA) is 101 Å². The van der Waals surface area contributed by atoms with Crippen LogP contribution in [0.3, 0.4) is 0 Å². The first-order valence-corrected chi connectivity index (χ1v) is 17.8. The molecule has 2 aromatic heterocycles. The first-order valence-electron chi connectivity index (χ1n) is 16.9. The first kappa shape index (κ1) is 33.5. The number of fused-ring (bicyclic) bond motifs is 2. The molecule has 4 aromatic rings. The van der Waals surface area contributed by atoms with E-state index in [0.29, 0.717) is 25.9 Å². The predicted octanol–water partition coefficient (Wildman–Crippen LogP) is 7.04. The van der Waals surface area contributed by atoms with Crippen LogP contribution >= 0.6 is 11.3 Å². The van der Waals surface area contributed by atoms with Gasteiger partial charge in [-0.05, 0) is 85.7 Å². The average molecular weight is 669 g/mol. The zero-order valence-corrected chi connectivity index (χ0v) is 29.0. The summed E-state index contributed by atoms with van der Waals surface area (Å²) in [4.78, 5) is 58.1. The summed E-state index contributed by atoms with van der Waals surface area (Å²) < 4.78 is 7.76. The summed E-state index contributed by atoms with van der Waals surface area (Å²) in [7, 11) is 0. The van der Waals surface area contributed by atoms with Gasteiger partial charge in [-0.3, -0.25) is 14.4 Å². The van der Waals surface area contributed by atoms with Crippen LogP contribution in [-0.4, -0.2) is 46.4 Å². The van der Waals surface area contributed by atoms with E-state index in [1.165, 1.54) is 0 Å². The predicted molar refractivity (Wildman–Crippen MR) is 189 cm³/mol. The molecule has 2 atom stereocenters. The lowest BCUT2D eigenvalue weighted by molar-refractivity contribution is -0.129. The van der Waals surface area contributed by atoms with E-state index < -0.39 is 23.7 Å². The summed E-state index contributed by atoms with van der Waals surface area (Å²) in [6, 6.07) is 15.0. The molecule has 9 nitrogen and oxygen atoms in total. The molecule has 4 heterocycles. The van der Waals surface area contributed by atoms with Crippen LogP contribution in [0.2, 0.25) is 0 Å². The van der Waals surface area contributed by atoms with Crippen molar-refractivity contribution in [3.63, 3.8) is 0 Å². The maximum absolute atomic E-state index is 14.4. The number of benzene rings is 2. The third kappa shape index (κ3) is 7.18. The summed E-state index contributed by atoms with van der Waals surface area (Å²) in [5, 5.41) is 7.89. The van der Waals surface area contributed by atoms with Gasteiger partial charge in [-0.25, -0.2) is 4.79 Å². The Kier molecular flexibility index (Phi) is 9.73. The van der Waals surface area contributed by atoms with Crippen LogP contribution in [0.1, 0.15) is 70.1 Å². The number of aromatic nitrogens is 1. The van der Waals surface area contributed by atoms with Crippen molar-refractivity contribution in [2.24, 2.45) is 5.92 Å². The first-order chi connectivity index (χ1) is 23.0. The largest absolute Gasteiger partial charge is 0.444 e. The van der Waals surface area contributed by atoms with E-state index in [2.05, 4.69) is 29.1 Å². The molecule has 0 radical (unpaired) electrons. The van der Waals surface area contributed by atoms with Gasteiger partial charge in [0, 0.05) is 55.4 Å². The number of rotatable bonds is 11. The molecule has 48 heavy (non-hydrogen) atoms. The Bertz CT molecular complexity index is 1820. The highest BCUT2D eigenvalue weighted by Crippen LogP contribution is 2.42. The van der Waals surface area contributed by atoms with Gasteiger partial charge in [-0.2, -0.15) is 11.3 Å². The summed E-state index contributed by atoms with van der Waals surface area (Å²) in [5.74, 6) is -0.953. The quantitative estimate of drug-likeness (QED) is 0.185. The standard InChI is InChI=1S/C38H44N4O5S/c1-5-16-40-23-28(29-11-6-7-12-31(29)40)20-30(39-37(46)47-38(2,3)4)33(43)21-27-19-26-10-8-13-32(41-17-9-14-34(41)44)35(26)42(36(27)45)22-25-15-18-48-24-25/h6-8,10-13,15,18,23-24,27,30H,5,9,14,16-17,19-22H2,1-4H3,(H,39,46)/t27?,30-/m1/s1. The highest BCUT2D eigenvalue weighted by molar-refractivity contribution is 7.07. The molecule has 3 amide bonds. The van der Waals surface area contributed by atoms with Gasteiger partial charge < -0.3 is 24.4 Å². The lowest BCUT2D eigenvalue weighted by atomic mass is 9.85. The maximum atomic E-state index is 14.4. The number of hydrogen-bond acceptors (Lipinski definition) is 6. The lowest BCUT2D eigenvalue weighted by Crippen LogP contribution is -2.47. The number of carbonyl (C=O) groups excluding carboxylic acids is 4. The molecule has 10 heteroatoms. The van der Waals surface area contributed by atoms with E-state index in [-0.39, 0.29) is 30.4 Å². The van der Waals surface area contributed by atoms with Gasteiger partial charge in [-0.1, -0.05) is 37.3 Å². The van der Waals surface area contributed by atoms with E-state index in [0.717, 1.165) is 58.4 Å².